The van der Waals surface area contributed by atoms with Crippen molar-refractivity contribution in [1.29, 1.82) is 0 Å². The van der Waals surface area contributed by atoms with E-state index in [2.05, 4.69) is 49.1 Å². The van der Waals surface area contributed by atoms with Crippen molar-refractivity contribution in [2.45, 2.75) is 44.2 Å². The maximum Gasteiger partial charge on any atom is 0.0777 e. The Morgan fingerprint density at radius 1 is 1.35 bits per heavy atom. The summed E-state index contributed by atoms with van der Waals surface area (Å²) in [6.45, 7) is 7.23. The van der Waals surface area contributed by atoms with Crippen LogP contribution in [0.2, 0.25) is 0 Å². The van der Waals surface area contributed by atoms with E-state index in [-0.39, 0.29) is 11.1 Å². The third-order valence-corrected chi connectivity index (χ3v) is 4.78. The molecule has 3 heteroatoms. The van der Waals surface area contributed by atoms with Gasteiger partial charge in [0.25, 0.3) is 0 Å². The quantitative estimate of drug-likeness (QED) is 0.898. The van der Waals surface area contributed by atoms with Crippen molar-refractivity contribution in [3.05, 3.63) is 35.9 Å². The fourth-order valence-electron chi connectivity index (χ4n) is 3.18. The topological polar surface area (TPSA) is 38.5 Å². The number of benzene rings is 1. The summed E-state index contributed by atoms with van der Waals surface area (Å²) in [6, 6.07) is 10.6. The number of nitrogens with two attached hydrogens (primary N) is 1. The minimum atomic E-state index is -0.0363. The molecule has 0 bridgehead atoms. The zero-order valence-corrected chi connectivity index (χ0v) is 13.1. The lowest BCUT2D eigenvalue weighted by atomic mass is 9.85. The normalized spacial score (nSPS) is 27.2. The Morgan fingerprint density at radius 3 is 2.65 bits per heavy atom. The van der Waals surface area contributed by atoms with Gasteiger partial charge in [-0.15, -0.1) is 0 Å². The number of methoxy groups -OCH3 is 1. The lowest BCUT2D eigenvalue weighted by Gasteiger charge is -2.48. The van der Waals surface area contributed by atoms with E-state index in [1.165, 1.54) is 12.0 Å². The number of piperidine rings is 1. The average molecular weight is 276 g/mol. The smallest absolute Gasteiger partial charge is 0.0777 e. The van der Waals surface area contributed by atoms with Crippen molar-refractivity contribution < 1.29 is 4.74 Å². The van der Waals surface area contributed by atoms with Crippen molar-refractivity contribution in [2.75, 3.05) is 26.7 Å². The summed E-state index contributed by atoms with van der Waals surface area (Å²) >= 11 is 0. The Hall–Kier alpha value is -0.900. The molecule has 1 heterocycles. The molecule has 1 aliphatic heterocycles. The van der Waals surface area contributed by atoms with E-state index in [1.807, 2.05) is 7.11 Å². The predicted molar refractivity (Wildman–Crippen MR) is 83.8 cm³/mol. The van der Waals surface area contributed by atoms with Gasteiger partial charge in [0.1, 0.15) is 0 Å². The van der Waals surface area contributed by atoms with E-state index in [4.69, 9.17) is 10.5 Å². The van der Waals surface area contributed by atoms with E-state index < -0.39 is 0 Å². The highest BCUT2D eigenvalue weighted by atomic mass is 16.5. The molecular formula is C17H28N2O. The minimum absolute atomic E-state index is 0.00155. The van der Waals surface area contributed by atoms with Gasteiger partial charge in [0, 0.05) is 25.7 Å². The lowest BCUT2D eigenvalue weighted by molar-refractivity contribution is -0.0767. The predicted octanol–water partition coefficient (Wildman–Crippen LogP) is 2.45. The number of hydrogen-bond donors (Lipinski definition) is 1. The highest BCUT2D eigenvalue weighted by Crippen LogP contribution is 2.30. The maximum absolute atomic E-state index is 6.13. The van der Waals surface area contributed by atoms with Gasteiger partial charge in [-0.05, 0) is 45.2 Å². The first kappa shape index (κ1) is 15.5. The van der Waals surface area contributed by atoms with Gasteiger partial charge < -0.3 is 10.5 Å². The van der Waals surface area contributed by atoms with Crippen LogP contribution in [-0.2, 0) is 11.2 Å². The fourth-order valence-corrected chi connectivity index (χ4v) is 3.18. The van der Waals surface area contributed by atoms with E-state index >= 15 is 0 Å². The second-order valence-electron chi connectivity index (χ2n) is 6.54. The van der Waals surface area contributed by atoms with Gasteiger partial charge >= 0.3 is 0 Å². The second-order valence-corrected chi connectivity index (χ2v) is 6.54. The van der Waals surface area contributed by atoms with Crippen molar-refractivity contribution in [3.8, 4) is 0 Å². The van der Waals surface area contributed by atoms with Crippen LogP contribution in [0, 0.1) is 0 Å². The third-order valence-electron chi connectivity index (χ3n) is 4.78. The average Bonchev–Trinajstić information content (AvgIpc) is 2.48. The molecule has 1 aromatic carbocycles. The monoisotopic (exact) mass is 276 g/mol. The molecule has 2 unspecified atom stereocenters. The van der Waals surface area contributed by atoms with Crippen LogP contribution in [0.15, 0.2) is 30.3 Å². The molecule has 1 saturated heterocycles. The molecule has 1 aliphatic rings. The Labute approximate surface area is 123 Å². The molecule has 0 aromatic heterocycles. The summed E-state index contributed by atoms with van der Waals surface area (Å²) < 4.78 is 5.72. The van der Waals surface area contributed by atoms with Crippen LogP contribution >= 0.6 is 0 Å². The molecule has 3 nitrogen and oxygen atoms in total. The van der Waals surface area contributed by atoms with Crippen LogP contribution in [0.5, 0.6) is 0 Å². The van der Waals surface area contributed by atoms with Gasteiger partial charge in [-0.2, -0.15) is 0 Å². The first-order valence-electron chi connectivity index (χ1n) is 7.56. The Morgan fingerprint density at radius 2 is 2.05 bits per heavy atom. The Kier molecular flexibility index (Phi) is 4.84. The molecule has 0 aliphatic carbocycles. The van der Waals surface area contributed by atoms with E-state index in [0.29, 0.717) is 6.54 Å². The van der Waals surface area contributed by atoms with Gasteiger partial charge in [0.05, 0.1) is 5.60 Å². The highest BCUT2D eigenvalue weighted by Gasteiger charge is 2.39. The molecule has 1 aromatic rings. The van der Waals surface area contributed by atoms with Crippen molar-refractivity contribution in [2.24, 2.45) is 5.73 Å². The number of hydrogen-bond acceptors (Lipinski definition) is 3. The maximum atomic E-state index is 6.13. The molecule has 2 rings (SSSR count). The first-order chi connectivity index (χ1) is 9.51. The molecule has 0 spiro atoms. The Bertz CT molecular complexity index is 422. The summed E-state index contributed by atoms with van der Waals surface area (Å²) in [7, 11) is 1.82. The third kappa shape index (κ3) is 3.40. The summed E-state index contributed by atoms with van der Waals surface area (Å²) in [5.74, 6) is 0. The second kappa shape index (κ2) is 6.25. The number of likely N-dealkylation sites (tertiary alicyclic amines) is 1. The van der Waals surface area contributed by atoms with Crippen LogP contribution in [0.25, 0.3) is 0 Å². The van der Waals surface area contributed by atoms with Gasteiger partial charge in [-0.25, -0.2) is 0 Å². The van der Waals surface area contributed by atoms with Gasteiger partial charge in [-0.3, -0.25) is 4.90 Å². The summed E-state index contributed by atoms with van der Waals surface area (Å²) in [6.07, 6.45) is 3.30. The zero-order chi connectivity index (χ0) is 14.6. The Balaban J connectivity index is 2.13. The molecule has 2 atom stereocenters. The van der Waals surface area contributed by atoms with E-state index in [0.717, 1.165) is 25.9 Å². The lowest BCUT2D eigenvalue weighted by Crippen LogP contribution is -2.60. The molecule has 0 amide bonds. The zero-order valence-electron chi connectivity index (χ0n) is 13.1. The fraction of sp³-hybridized carbons (Fsp3) is 0.647. The van der Waals surface area contributed by atoms with Crippen LogP contribution < -0.4 is 5.73 Å². The summed E-state index contributed by atoms with van der Waals surface area (Å²) in [5, 5.41) is 0. The molecular weight excluding hydrogens is 248 g/mol. The van der Waals surface area contributed by atoms with Crippen LogP contribution in [0.3, 0.4) is 0 Å². The van der Waals surface area contributed by atoms with Crippen molar-refractivity contribution in [1.82, 2.24) is 4.90 Å². The molecule has 2 N–H and O–H groups in total. The molecule has 0 radical (unpaired) electrons. The molecule has 1 fully saturated rings. The molecule has 20 heavy (non-hydrogen) atoms. The van der Waals surface area contributed by atoms with E-state index in [9.17, 15) is 0 Å². The van der Waals surface area contributed by atoms with Gasteiger partial charge in [0.15, 0.2) is 0 Å². The van der Waals surface area contributed by atoms with Gasteiger partial charge in [-0.1, -0.05) is 30.3 Å². The van der Waals surface area contributed by atoms with E-state index in [1.54, 1.807) is 0 Å². The number of rotatable bonds is 5. The number of ether oxygens (including phenoxy) is 1. The minimum Gasteiger partial charge on any atom is -0.377 e. The van der Waals surface area contributed by atoms with Crippen molar-refractivity contribution >= 4 is 0 Å². The summed E-state index contributed by atoms with van der Waals surface area (Å²) in [5.41, 5.74) is 7.45. The molecule has 0 saturated carbocycles. The largest absolute Gasteiger partial charge is 0.377 e. The number of nitrogens with zero attached hydrogens (tertiary/aromatic N) is 1. The van der Waals surface area contributed by atoms with Gasteiger partial charge in [0.2, 0.25) is 0 Å². The highest BCUT2D eigenvalue weighted by molar-refractivity contribution is 5.18. The summed E-state index contributed by atoms with van der Waals surface area (Å²) in [4.78, 5) is 2.52. The van der Waals surface area contributed by atoms with Crippen LogP contribution in [0.4, 0.5) is 0 Å². The molecule has 112 valence electrons. The van der Waals surface area contributed by atoms with Crippen LogP contribution in [-0.4, -0.2) is 42.8 Å². The van der Waals surface area contributed by atoms with Crippen molar-refractivity contribution in [3.63, 3.8) is 0 Å². The first-order valence-corrected chi connectivity index (χ1v) is 7.56. The standard InChI is InChI=1S/C17H28N2O/c1-16(13-18,12-15-8-5-4-6-9-15)19-11-7-10-17(2,14-19)20-3/h4-6,8-9H,7,10-14,18H2,1-3H3. The SMILES string of the molecule is COC1(C)CCCN(C(C)(CN)Cc2ccccc2)C1. The van der Waals surface area contributed by atoms with Crippen LogP contribution in [0.1, 0.15) is 32.3 Å².